The van der Waals surface area contributed by atoms with Gasteiger partial charge in [-0.25, -0.2) is 0 Å². The molecule has 2 heteroatoms. The van der Waals surface area contributed by atoms with Crippen molar-refractivity contribution >= 4 is 0 Å². The summed E-state index contributed by atoms with van der Waals surface area (Å²) in [6, 6.07) is 10.7. The van der Waals surface area contributed by atoms with Crippen LogP contribution in [0.25, 0.3) is 0 Å². The van der Waals surface area contributed by atoms with E-state index in [0.717, 1.165) is 32.4 Å². The summed E-state index contributed by atoms with van der Waals surface area (Å²) in [5, 5.41) is 14.0. The molecule has 2 N–H and O–H groups in total. The maximum absolute atomic E-state index is 10.6. The molecule has 0 bridgehead atoms. The van der Waals surface area contributed by atoms with Gasteiger partial charge in [-0.2, -0.15) is 0 Å². The summed E-state index contributed by atoms with van der Waals surface area (Å²) < 4.78 is 0. The fourth-order valence-electron chi connectivity index (χ4n) is 3.38. The molecule has 1 aromatic rings. The van der Waals surface area contributed by atoms with E-state index in [1.807, 2.05) is 0 Å². The summed E-state index contributed by atoms with van der Waals surface area (Å²) in [7, 11) is 0. The third-order valence-electron chi connectivity index (χ3n) is 4.64. The Hall–Kier alpha value is -0.860. The molecule has 1 fully saturated rings. The molecule has 0 radical (unpaired) electrons. The molecule has 0 heterocycles. The zero-order valence-corrected chi connectivity index (χ0v) is 12.9. The van der Waals surface area contributed by atoms with Crippen molar-refractivity contribution in [3.05, 3.63) is 35.9 Å². The lowest BCUT2D eigenvalue weighted by Crippen LogP contribution is -2.44. The van der Waals surface area contributed by atoms with Gasteiger partial charge in [-0.15, -0.1) is 0 Å². The Morgan fingerprint density at radius 3 is 2.80 bits per heavy atom. The highest BCUT2D eigenvalue weighted by Crippen LogP contribution is 2.31. The Labute approximate surface area is 123 Å². The van der Waals surface area contributed by atoms with Crippen molar-refractivity contribution in [2.75, 3.05) is 13.1 Å². The number of benzene rings is 1. The van der Waals surface area contributed by atoms with Gasteiger partial charge in [0.1, 0.15) is 0 Å². The summed E-state index contributed by atoms with van der Waals surface area (Å²) in [4.78, 5) is 0. The summed E-state index contributed by atoms with van der Waals surface area (Å²) in [5.41, 5.74) is 0.937. The second-order valence-electron chi connectivity index (χ2n) is 6.70. The Morgan fingerprint density at radius 2 is 2.10 bits per heavy atom. The van der Waals surface area contributed by atoms with Crippen molar-refractivity contribution in [3.8, 4) is 0 Å². The van der Waals surface area contributed by atoms with E-state index < -0.39 is 5.60 Å². The van der Waals surface area contributed by atoms with Crippen molar-refractivity contribution in [3.63, 3.8) is 0 Å². The molecule has 0 amide bonds. The highest BCUT2D eigenvalue weighted by atomic mass is 16.3. The third-order valence-corrected chi connectivity index (χ3v) is 4.64. The van der Waals surface area contributed by atoms with E-state index in [-0.39, 0.29) is 0 Å². The molecular weight excluding hydrogens is 246 g/mol. The van der Waals surface area contributed by atoms with Gasteiger partial charge in [0.15, 0.2) is 0 Å². The number of nitrogens with one attached hydrogen (secondary N) is 1. The highest BCUT2D eigenvalue weighted by Gasteiger charge is 2.31. The normalized spacial score (nSPS) is 28.2. The topological polar surface area (TPSA) is 32.3 Å². The zero-order valence-electron chi connectivity index (χ0n) is 12.9. The van der Waals surface area contributed by atoms with Gasteiger partial charge >= 0.3 is 0 Å². The molecule has 1 saturated carbocycles. The SMILES string of the molecule is CC1CCCC(O)(CNCCC(C)c2ccccc2)C1. The van der Waals surface area contributed by atoms with Crippen molar-refractivity contribution in [2.45, 2.75) is 57.5 Å². The smallest absolute Gasteiger partial charge is 0.0774 e. The van der Waals surface area contributed by atoms with Gasteiger partial charge in [0.2, 0.25) is 0 Å². The van der Waals surface area contributed by atoms with E-state index >= 15 is 0 Å². The first-order valence-corrected chi connectivity index (χ1v) is 8.07. The highest BCUT2D eigenvalue weighted by molar-refractivity contribution is 5.18. The van der Waals surface area contributed by atoms with E-state index in [9.17, 15) is 5.11 Å². The van der Waals surface area contributed by atoms with E-state index in [2.05, 4.69) is 49.5 Å². The van der Waals surface area contributed by atoms with Crippen molar-refractivity contribution in [1.82, 2.24) is 5.32 Å². The lowest BCUT2D eigenvalue weighted by Gasteiger charge is -2.35. The zero-order chi connectivity index (χ0) is 14.4. The first-order chi connectivity index (χ1) is 9.59. The minimum atomic E-state index is -0.465. The van der Waals surface area contributed by atoms with Gasteiger partial charge in [-0.05, 0) is 43.2 Å². The van der Waals surface area contributed by atoms with E-state index in [4.69, 9.17) is 0 Å². The molecule has 1 aliphatic carbocycles. The van der Waals surface area contributed by atoms with Gasteiger partial charge in [-0.3, -0.25) is 0 Å². The average Bonchev–Trinajstić information content (AvgIpc) is 2.44. The molecule has 0 aliphatic heterocycles. The minimum absolute atomic E-state index is 0.465. The first kappa shape index (κ1) is 15.5. The van der Waals surface area contributed by atoms with Crippen molar-refractivity contribution < 1.29 is 5.11 Å². The molecule has 3 atom stereocenters. The molecule has 0 aromatic heterocycles. The molecule has 112 valence electrons. The molecule has 1 aromatic carbocycles. The predicted octanol–water partition coefficient (Wildman–Crippen LogP) is 3.71. The summed E-state index contributed by atoms with van der Waals surface area (Å²) in [6.07, 6.45) is 5.47. The standard InChI is InChI=1S/C18H29NO/c1-15-7-6-11-18(20,13-15)14-19-12-10-16(2)17-8-4-3-5-9-17/h3-5,8-9,15-16,19-20H,6-7,10-14H2,1-2H3. The van der Waals surface area contributed by atoms with E-state index in [1.54, 1.807) is 0 Å². The fourth-order valence-corrected chi connectivity index (χ4v) is 3.38. The number of aliphatic hydroxyl groups is 1. The van der Waals surface area contributed by atoms with Crippen LogP contribution in [-0.2, 0) is 0 Å². The molecule has 2 nitrogen and oxygen atoms in total. The average molecular weight is 275 g/mol. The van der Waals surface area contributed by atoms with Crippen LogP contribution in [0.3, 0.4) is 0 Å². The van der Waals surface area contributed by atoms with Crippen molar-refractivity contribution in [1.29, 1.82) is 0 Å². The molecule has 20 heavy (non-hydrogen) atoms. The van der Waals surface area contributed by atoms with Crippen LogP contribution in [0.4, 0.5) is 0 Å². The number of hydrogen-bond donors (Lipinski definition) is 2. The van der Waals surface area contributed by atoms with Crippen LogP contribution in [0.15, 0.2) is 30.3 Å². The van der Waals surface area contributed by atoms with E-state index in [0.29, 0.717) is 11.8 Å². The second-order valence-corrected chi connectivity index (χ2v) is 6.70. The molecule has 3 unspecified atom stereocenters. The molecule has 0 spiro atoms. The Balaban J connectivity index is 1.68. The van der Waals surface area contributed by atoms with Crippen LogP contribution in [0.5, 0.6) is 0 Å². The summed E-state index contributed by atoms with van der Waals surface area (Å²) in [6.45, 7) is 6.25. The lowest BCUT2D eigenvalue weighted by atomic mass is 9.79. The third kappa shape index (κ3) is 4.60. The second kappa shape index (κ2) is 7.24. The quantitative estimate of drug-likeness (QED) is 0.776. The van der Waals surface area contributed by atoms with Crippen LogP contribution in [-0.4, -0.2) is 23.8 Å². The maximum Gasteiger partial charge on any atom is 0.0774 e. The molecular formula is C18H29NO. The first-order valence-electron chi connectivity index (χ1n) is 8.07. The van der Waals surface area contributed by atoms with Gasteiger partial charge in [0.25, 0.3) is 0 Å². The molecule has 0 saturated heterocycles. The summed E-state index contributed by atoms with van der Waals surface area (Å²) >= 11 is 0. The lowest BCUT2D eigenvalue weighted by molar-refractivity contribution is -0.0116. The Kier molecular flexibility index (Phi) is 5.62. The fraction of sp³-hybridized carbons (Fsp3) is 0.667. The van der Waals surface area contributed by atoms with Crippen molar-refractivity contribution in [2.24, 2.45) is 5.92 Å². The van der Waals surface area contributed by atoms with Gasteiger partial charge in [0, 0.05) is 6.54 Å². The van der Waals surface area contributed by atoms with Gasteiger partial charge in [-0.1, -0.05) is 57.0 Å². The molecule has 1 aliphatic rings. The minimum Gasteiger partial charge on any atom is -0.389 e. The molecule has 2 rings (SSSR count). The largest absolute Gasteiger partial charge is 0.389 e. The predicted molar refractivity (Wildman–Crippen MR) is 84.9 cm³/mol. The number of hydrogen-bond acceptors (Lipinski definition) is 2. The number of rotatable bonds is 6. The Bertz CT molecular complexity index is 392. The van der Waals surface area contributed by atoms with Crippen LogP contribution >= 0.6 is 0 Å². The monoisotopic (exact) mass is 275 g/mol. The Morgan fingerprint density at radius 1 is 1.35 bits per heavy atom. The van der Waals surface area contributed by atoms with Crippen LogP contribution in [0.1, 0.15) is 57.4 Å². The van der Waals surface area contributed by atoms with Crippen LogP contribution in [0.2, 0.25) is 0 Å². The summed E-state index contributed by atoms with van der Waals surface area (Å²) in [5.74, 6) is 1.24. The maximum atomic E-state index is 10.6. The van der Waals surface area contributed by atoms with Crippen LogP contribution < -0.4 is 5.32 Å². The van der Waals surface area contributed by atoms with E-state index in [1.165, 1.54) is 18.4 Å². The van der Waals surface area contributed by atoms with Crippen LogP contribution in [0, 0.1) is 5.92 Å². The van der Waals surface area contributed by atoms with Gasteiger partial charge in [0.05, 0.1) is 5.60 Å². The van der Waals surface area contributed by atoms with Gasteiger partial charge < -0.3 is 10.4 Å².